The normalized spacial score (nSPS) is 10.3. The van der Waals surface area contributed by atoms with Gasteiger partial charge in [0.15, 0.2) is 0 Å². The summed E-state index contributed by atoms with van der Waals surface area (Å²) in [5.41, 5.74) is 0. The summed E-state index contributed by atoms with van der Waals surface area (Å²) in [5, 5.41) is 0. The van der Waals surface area contributed by atoms with Crippen LogP contribution >= 0.6 is 0 Å². The van der Waals surface area contributed by atoms with Crippen LogP contribution in [0.15, 0.2) is 0 Å². The van der Waals surface area contributed by atoms with Gasteiger partial charge in [0.25, 0.3) is 0 Å². The number of rotatable bonds is 6. The molecule has 0 radical (unpaired) electrons. The zero-order valence-corrected chi connectivity index (χ0v) is 7.83. The lowest BCUT2D eigenvalue weighted by atomic mass is 10.1. The predicted octanol–water partition coefficient (Wildman–Crippen LogP) is 0.458. The second-order valence-electron chi connectivity index (χ2n) is 2.56. The van der Waals surface area contributed by atoms with Crippen LogP contribution < -0.4 is 0 Å². The van der Waals surface area contributed by atoms with Crippen LogP contribution in [0.2, 0.25) is 0 Å². The summed E-state index contributed by atoms with van der Waals surface area (Å²) in [6.07, 6.45) is 0.345. The third-order valence-electron chi connectivity index (χ3n) is 1.49. The molecule has 0 spiro atoms. The summed E-state index contributed by atoms with van der Waals surface area (Å²) in [7, 11) is 4.57. The Labute approximate surface area is 72.8 Å². The molecule has 0 aliphatic carbocycles. The van der Waals surface area contributed by atoms with Crippen molar-refractivity contribution < 1.29 is 19.0 Å². The van der Waals surface area contributed by atoms with E-state index >= 15 is 0 Å². The van der Waals surface area contributed by atoms with Crippen molar-refractivity contribution in [3.05, 3.63) is 0 Å². The second kappa shape index (κ2) is 7.06. The zero-order chi connectivity index (χ0) is 9.40. The molecule has 0 amide bonds. The van der Waals surface area contributed by atoms with E-state index in [0.717, 1.165) is 0 Å². The zero-order valence-electron chi connectivity index (χ0n) is 7.83. The first-order chi connectivity index (χ1) is 5.74. The molecule has 0 fully saturated rings. The van der Waals surface area contributed by atoms with Crippen molar-refractivity contribution in [3.8, 4) is 0 Å². The van der Waals surface area contributed by atoms with Gasteiger partial charge in [-0.1, -0.05) is 0 Å². The van der Waals surface area contributed by atoms with Crippen molar-refractivity contribution in [2.24, 2.45) is 5.92 Å². The molecule has 0 saturated carbocycles. The summed E-state index contributed by atoms with van der Waals surface area (Å²) in [5.74, 6) is -0.137. The fourth-order valence-electron chi connectivity index (χ4n) is 0.956. The maximum atomic E-state index is 10.8. The van der Waals surface area contributed by atoms with Gasteiger partial charge < -0.3 is 14.2 Å². The first kappa shape index (κ1) is 11.4. The lowest BCUT2D eigenvalue weighted by Gasteiger charge is -2.12. The highest BCUT2D eigenvalue weighted by Crippen LogP contribution is 2.04. The van der Waals surface area contributed by atoms with Gasteiger partial charge in [0.1, 0.15) is 0 Å². The Morgan fingerprint density at radius 2 is 1.67 bits per heavy atom. The third-order valence-corrected chi connectivity index (χ3v) is 1.49. The van der Waals surface area contributed by atoms with Gasteiger partial charge in [-0.05, 0) is 0 Å². The molecule has 0 bridgehead atoms. The van der Waals surface area contributed by atoms with E-state index in [0.29, 0.717) is 19.6 Å². The molecule has 4 nitrogen and oxygen atoms in total. The van der Waals surface area contributed by atoms with Gasteiger partial charge in [0.2, 0.25) is 0 Å². The SMILES string of the molecule is COCC(COC)CC(=O)OC. The van der Waals surface area contributed by atoms with E-state index in [1.165, 1.54) is 7.11 Å². The quantitative estimate of drug-likeness (QED) is 0.551. The van der Waals surface area contributed by atoms with E-state index in [-0.39, 0.29) is 11.9 Å². The molecule has 0 unspecified atom stereocenters. The lowest BCUT2D eigenvalue weighted by Crippen LogP contribution is -2.19. The molecule has 0 heterocycles. The van der Waals surface area contributed by atoms with Crippen molar-refractivity contribution in [1.29, 1.82) is 0 Å². The van der Waals surface area contributed by atoms with Crippen LogP contribution in [0.3, 0.4) is 0 Å². The Hall–Kier alpha value is -0.610. The smallest absolute Gasteiger partial charge is 0.305 e. The molecule has 0 aromatic rings. The van der Waals surface area contributed by atoms with Crippen LogP contribution in [0.5, 0.6) is 0 Å². The average Bonchev–Trinajstić information content (AvgIpc) is 2.05. The number of esters is 1. The minimum Gasteiger partial charge on any atom is -0.469 e. The molecule has 72 valence electrons. The highest BCUT2D eigenvalue weighted by atomic mass is 16.5. The van der Waals surface area contributed by atoms with E-state index in [1.807, 2.05) is 0 Å². The summed E-state index contributed by atoms with van der Waals surface area (Å²) in [6.45, 7) is 1.03. The van der Waals surface area contributed by atoms with E-state index in [1.54, 1.807) is 14.2 Å². The minimum absolute atomic E-state index is 0.0902. The number of carbonyl (C=O) groups is 1. The molecule has 0 aromatic heterocycles. The topological polar surface area (TPSA) is 44.8 Å². The minimum atomic E-state index is -0.228. The molecular weight excluding hydrogens is 160 g/mol. The van der Waals surface area contributed by atoms with Gasteiger partial charge in [-0.3, -0.25) is 4.79 Å². The van der Waals surface area contributed by atoms with E-state index in [4.69, 9.17) is 9.47 Å². The Balaban J connectivity index is 3.68. The van der Waals surface area contributed by atoms with Crippen LogP contribution in [0.4, 0.5) is 0 Å². The molecule has 0 N–H and O–H groups in total. The van der Waals surface area contributed by atoms with Gasteiger partial charge in [-0.15, -0.1) is 0 Å². The standard InChI is InChI=1S/C8H16O4/c1-10-5-7(6-11-2)4-8(9)12-3/h7H,4-6H2,1-3H3. The van der Waals surface area contributed by atoms with Crippen LogP contribution in [-0.4, -0.2) is 40.5 Å². The lowest BCUT2D eigenvalue weighted by molar-refractivity contribution is -0.142. The van der Waals surface area contributed by atoms with Gasteiger partial charge >= 0.3 is 5.97 Å². The van der Waals surface area contributed by atoms with Gasteiger partial charge in [0, 0.05) is 20.1 Å². The van der Waals surface area contributed by atoms with Crippen molar-refractivity contribution in [2.75, 3.05) is 34.5 Å². The number of methoxy groups -OCH3 is 3. The molecule has 12 heavy (non-hydrogen) atoms. The highest BCUT2D eigenvalue weighted by Gasteiger charge is 2.13. The van der Waals surface area contributed by atoms with Crippen molar-refractivity contribution >= 4 is 5.97 Å². The Kier molecular flexibility index (Phi) is 6.70. The Bertz CT molecular complexity index is 118. The number of ether oxygens (including phenoxy) is 3. The maximum Gasteiger partial charge on any atom is 0.305 e. The Morgan fingerprint density at radius 1 is 1.17 bits per heavy atom. The van der Waals surface area contributed by atoms with Crippen LogP contribution in [0.1, 0.15) is 6.42 Å². The summed E-state index contributed by atoms with van der Waals surface area (Å²) in [4.78, 5) is 10.8. The van der Waals surface area contributed by atoms with Gasteiger partial charge in [-0.2, -0.15) is 0 Å². The second-order valence-corrected chi connectivity index (χ2v) is 2.56. The van der Waals surface area contributed by atoms with E-state index in [9.17, 15) is 4.79 Å². The van der Waals surface area contributed by atoms with Gasteiger partial charge in [0.05, 0.1) is 26.7 Å². The van der Waals surface area contributed by atoms with Crippen LogP contribution in [0.25, 0.3) is 0 Å². The van der Waals surface area contributed by atoms with E-state index < -0.39 is 0 Å². The molecule has 0 saturated heterocycles. The molecule has 0 rings (SSSR count). The first-order valence-corrected chi connectivity index (χ1v) is 3.79. The first-order valence-electron chi connectivity index (χ1n) is 3.79. The Morgan fingerprint density at radius 3 is 2.00 bits per heavy atom. The number of hydrogen-bond donors (Lipinski definition) is 0. The predicted molar refractivity (Wildman–Crippen MR) is 43.9 cm³/mol. The molecule has 0 aromatic carbocycles. The molecule has 0 atom stereocenters. The molecular formula is C8H16O4. The van der Waals surface area contributed by atoms with Crippen LogP contribution in [0, 0.1) is 5.92 Å². The number of carbonyl (C=O) groups excluding carboxylic acids is 1. The van der Waals surface area contributed by atoms with Crippen LogP contribution in [-0.2, 0) is 19.0 Å². The summed E-state index contributed by atoms with van der Waals surface area (Å²) >= 11 is 0. The number of hydrogen-bond acceptors (Lipinski definition) is 4. The fraction of sp³-hybridized carbons (Fsp3) is 0.875. The molecule has 0 aliphatic rings. The molecule has 0 aliphatic heterocycles. The summed E-state index contributed by atoms with van der Waals surface area (Å²) < 4.78 is 14.4. The fourth-order valence-corrected chi connectivity index (χ4v) is 0.956. The van der Waals surface area contributed by atoms with Gasteiger partial charge in [-0.25, -0.2) is 0 Å². The largest absolute Gasteiger partial charge is 0.469 e. The van der Waals surface area contributed by atoms with Crippen molar-refractivity contribution in [2.45, 2.75) is 6.42 Å². The highest BCUT2D eigenvalue weighted by molar-refractivity contribution is 5.69. The monoisotopic (exact) mass is 176 g/mol. The maximum absolute atomic E-state index is 10.8. The van der Waals surface area contributed by atoms with Crippen molar-refractivity contribution in [1.82, 2.24) is 0 Å². The third kappa shape index (κ3) is 5.09. The van der Waals surface area contributed by atoms with E-state index in [2.05, 4.69) is 4.74 Å². The summed E-state index contributed by atoms with van der Waals surface area (Å²) in [6, 6.07) is 0. The molecule has 4 heteroatoms. The van der Waals surface area contributed by atoms with Crippen molar-refractivity contribution in [3.63, 3.8) is 0 Å². The average molecular weight is 176 g/mol.